The molecule has 3 aliphatic rings. The number of nitriles is 1. The van der Waals surface area contributed by atoms with Crippen molar-refractivity contribution in [3.8, 4) is 6.07 Å². The van der Waals surface area contributed by atoms with Crippen LogP contribution in [0.3, 0.4) is 0 Å². The molecule has 11 heteroatoms. The molecular weight excluding hydrogens is 497 g/mol. The predicted octanol–water partition coefficient (Wildman–Crippen LogP) is 2.00. The van der Waals surface area contributed by atoms with Crippen LogP contribution in [0.4, 0.5) is 21.6 Å². The van der Waals surface area contributed by atoms with Gasteiger partial charge in [0.05, 0.1) is 36.0 Å². The molecule has 6 heterocycles. The van der Waals surface area contributed by atoms with Crippen molar-refractivity contribution in [1.82, 2.24) is 19.5 Å². The fourth-order valence-corrected chi connectivity index (χ4v) is 6.23. The lowest BCUT2D eigenvalue weighted by atomic mass is 9.93. The summed E-state index contributed by atoms with van der Waals surface area (Å²) in [6.45, 7) is 13.8. The lowest BCUT2D eigenvalue weighted by Crippen LogP contribution is -2.65. The summed E-state index contributed by atoms with van der Waals surface area (Å²) >= 11 is 0. The maximum Gasteiger partial charge on any atom is 0.171 e. The Hall–Kier alpha value is -3.46. The summed E-state index contributed by atoms with van der Waals surface area (Å²) < 4.78 is 22.4. The molecule has 3 aromatic rings. The number of hydrogen-bond acceptors (Lipinski definition) is 9. The van der Waals surface area contributed by atoms with Gasteiger partial charge < -0.3 is 25.2 Å². The van der Waals surface area contributed by atoms with E-state index >= 15 is 0 Å². The summed E-state index contributed by atoms with van der Waals surface area (Å²) in [7, 11) is 0. The number of ether oxygens (including phenoxy) is 1. The Morgan fingerprint density at radius 2 is 1.90 bits per heavy atom. The van der Waals surface area contributed by atoms with Crippen molar-refractivity contribution in [3.63, 3.8) is 0 Å². The number of morpholine rings is 1. The molecule has 0 spiro atoms. The van der Waals surface area contributed by atoms with Crippen molar-refractivity contribution < 1.29 is 9.13 Å². The van der Waals surface area contributed by atoms with Gasteiger partial charge in [0, 0.05) is 64.4 Å². The van der Waals surface area contributed by atoms with Gasteiger partial charge in [-0.25, -0.2) is 13.9 Å². The van der Waals surface area contributed by atoms with E-state index in [1.165, 1.54) is 16.3 Å². The first-order chi connectivity index (χ1) is 18.7. The molecule has 0 aliphatic carbocycles. The third kappa shape index (κ3) is 5.00. The van der Waals surface area contributed by atoms with Crippen LogP contribution in [-0.4, -0.2) is 96.1 Å². The first-order valence-corrected chi connectivity index (χ1v) is 13.7. The topological polar surface area (TPSA) is 102 Å². The molecule has 6 rings (SSSR count). The van der Waals surface area contributed by atoms with Gasteiger partial charge in [-0.15, -0.1) is 0 Å². The number of hydrogen-bond donors (Lipinski definition) is 1. The molecule has 0 amide bonds. The third-order valence-corrected chi connectivity index (χ3v) is 8.02. The number of halogens is 1. The maximum atomic E-state index is 14.7. The van der Waals surface area contributed by atoms with Gasteiger partial charge in [-0.3, -0.25) is 4.90 Å². The van der Waals surface area contributed by atoms with Crippen LogP contribution in [0.5, 0.6) is 0 Å². The smallest absolute Gasteiger partial charge is 0.171 e. The molecule has 3 aromatic heterocycles. The number of aryl methyl sites for hydroxylation is 1. The normalized spacial score (nSPS) is 23.6. The fraction of sp³-hybridized carbons (Fsp3) is 0.536. The molecule has 3 saturated heterocycles. The second-order valence-corrected chi connectivity index (χ2v) is 11.6. The summed E-state index contributed by atoms with van der Waals surface area (Å²) in [5.41, 5.74) is 9.80. The average molecular weight is 534 g/mol. The number of piperazine rings is 1. The largest absolute Gasteiger partial charge is 0.370 e. The molecule has 0 radical (unpaired) electrons. The Labute approximate surface area is 228 Å². The highest BCUT2D eigenvalue weighted by atomic mass is 19.1. The summed E-state index contributed by atoms with van der Waals surface area (Å²) in [5.74, 6) is 0.629. The number of aromatic nitrogens is 3. The minimum Gasteiger partial charge on any atom is -0.370 e. The highest BCUT2D eigenvalue weighted by Gasteiger charge is 2.35. The van der Waals surface area contributed by atoms with Crippen LogP contribution in [-0.2, 0) is 4.74 Å². The van der Waals surface area contributed by atoms with Crippen molar-refractivity contribution >= 4 is 22.7 Å². The molecule has 2 atom stereocenters. The molecule has 10 nitrogen and oxygen atoms in total. The lowest BCUT2D eigenvalue weighted by Gasteiger charge is -2.47. The van der Waals surface area contributed by atoms with Crippen LogP contribution < -0.4 is 20.4 Å². The first-order valence-electron chi connectivity index (χ1n) is 13.7. The lowest BCUT2D eigenvalue weighted by molar-refractivity contribution is -0.0327. The molecule has 0 bridgehead atoms. The predicted molar refractivity (Wildman–Crippen MR) is 149 cm³/mol. The molecule has 3 aliphatic heterocycles. The Bertz CT molecular complexity index is 1400. The quantitative estimate of drug-likeness (QED) is 0.528. The van der Waals surface area contributed by atoms with Crippen molar-refractivity contribution in [2.45, 2.75) is 38.5 Å². The van der Waals surface area contributed by atoms with Crippen LogP contribution in [0.2, 0.25) is 0 Å². The van der Waals surface area contributed by atoms with Gasteiger partial charge in [-0.05, 0) is 44.5 Å². The van der Waals surface area contributed by atoms with Gasteiger partial charge >= 0.3 is 0 Å². The molecule has 39 heavy (non-hydrogen) atoms. The SMILES string of the molecule is Cc1cc(N2CC(C)(N)C2)cnc1N1CCN(C[C@H]2CN(c3ccc(C#N)n4ncc(F)c34)C[C@@H](C)O2)CC1. The van der Waals surface area contributed by atoms with E-state index in [0.29, 0.717) is 24.3 Å². The van der Waals surface area contributed by atoms with Crippen LogP contribution in [0.25, 0.3) is 5.52 Å². The molecule has 2 N–H and O–H groups in total. The van der Waals surface area contributed by atoms with Crippen molar-refractivity contribution in [2.24, 2.45) is 5.73 Å². The van der Waals surface area contributed by atoms with E-state index < -0.39 is 5.82 Å². The number of pyridine rings is 2. The van der Waals surface area contributed by atoms with E-state index in [-0.39, 0.29) is 17.7 Å². The Morgan fingerprint density at radius 3 is 2.59 bits per heavy atom. The minimum atomic E-state index is -0.423. The molecule has 206 valence electrons. The summed E-state index contributed by atoms with van der Waals surface area (Å²) in [6, 6.07) is 7.83. The molecule has 0 saturated carbocycles. The van der Waals surface area contributed by atoms with Gasteiger partial charge in [0.1, 0.15) is 23.1 Å². The van der Waals surface area contributed by atoms with Crippen LogP contribution in [0.1, 0.15) is 25.1 Å². The molecular formula is C28H36FN9O. The Morgan fingerprint density at radius 1 is 1.13 bits per heavy atom. The number of fused-ring (bicyclic) bond motifs is 1. The summed E-state index contributed by atoms with van der Waals surface area (Å²) in [4.78, 5) is 14.1. The van der Waals surface area contributed by atoms with E-state index in [1.54, 1.807) is 6.07 Å². The highest BCUT2D eigenvalue weighted by molar-refractivity contribution is 5.74. The highest BCUT2D eigenvalue weighted by Crippen LogP contribution is 2.30. The van der Waals surface area contributed by atoms with E-state index in [0.717, 1.165) is 63.0 Å². The van der Waals surface area contributed by atoms with E-state index in [1.807, 2.05) is 12.3 Å². The van der Waals surface area contributed by atoms with Gasteiger partial charge in [0.2, 0.25) is 0 Å². The number of nitrogens with two attached hydrogens (primary N) is 1. The number of anilines is 3. The van der Waals surface area contributed by atoms with Crippen LogP contribution >= 0.6 is 0 Å². The van der Waals surface area contributed by atoms with E-state index in [4.69, 9.17) is 15.5 Å². The Balaban J connectivity index is 1.08. The Kier molecular flexibility index (Phi) is 6.57. The maximum absolute atomic E-state index is 14.7. The van der Waals surface area contributed by atoms with Gasteiger partial charge in [0.25, 0.3) is 0 Å². The van der Waals surface area contributed by atoms with Crippen molar-refractivity contribution in [1.29, 1.82) is 5.26 Å². The average Bonchev–Trinajstić information content (AvgIpc) is 3.28. The van der Waals surface area contributed by atoms with Crippen LogP contribution in [0, 0.1) is 24.1 Å². The monoisotopic (exact) mass is 533 g/mol. The first kappa shape index (κ1) is 25.8. The fourth-order valence-electron chi connectivity index (χ4n) is 6.23. The minimum absolute atomic E-state index is 0.000578. The van der Waals surface area contributed by atoms with Crippen molar-refractivity contribution in [2.75, 3.05) is 73.6 Å². The van der Waals surface area contributed by atoms with Gasteiger partial charge in [-0.1, -0.05) is 0 Å². The number of rotatable bonds is 5. The summed E-state index contributed by atoms with van der Waals surface area (Å²) in [5, 5.41) is 13.5. The van der Waals surface area contributed by atoms with Crippen LogP contribution in [0.15, 0.2) is 30.6 Å². The molecule has 0 aromatic carbocycles. The molecule has 3 fully saturated rings. The van der Waals surface area contributed by atoms with E-state index in [2.05, 4.69) is 57.6 Å². The number of nitrogens with zero attached hydrogens (tertiary/aromatic N) is 8. The summed E-state index contributed by atoms with van der Waals surface area (Å²) in [6.07, 6.45) is 3.14. The zero-order valence-electron chi connectivity index (χ0n) is 22.8. The second kappa shape index (κ2) is 9.93. The standard InChI is InChI=1S/C28H36FN9O/c1-19-10-22(37-17-28(3,31)18-37)12-32-27(19)35-8-6-34(7-9-35)15-23-16-36(14-20(2)39-23)25-5-4-21(11-30)38-26(25)24(29)13-33-38/h4-5,10,12-13,20,23H,6-9,14-18,31H2,1-3H3/t20-,23+/m1/s1. The van der Waals surface area contributed by atoms with E-state index in [9.17, 15) is 9.65 Å². The third-order valence-electron chi connectivity index (χ3n) is 8.02. The zero-order valence-corrected chi connectivity index (χ0v) is 22.8. The second-order valence-electron chi connectivity index (χ2n) is 11.6. The molecule has 0 unspecified atom stereocenters. The van der Waals surface area contributed by atoms with Gasteiger partial charge in [-0.2, -0.15) is 10.4 Å². The van der Waals surface area contributed by atoms with Crippen molar-refractivity contribution in [3.05, 3.63) is 47.7 Å². The van der Waals surface area contributed by atoms with Gasteiger partial charge in [0.15, 0.2) is 5.82 Å². The zero-order chi connectivity index (χ0) is 27.3.